The van der Waals surface area contributed by atoms with Gasteiger partial charge in [0.2, 0.25) is 5.58 Å². The van der Waals surface area contributed by atoms with E-state index in [1.807, 2.05) is 26.0 Å². The van der Waals surface area contributed by atoms with Gasteiger partial charge in [-0.15, -0.1) is 0 Å². The molecule has 47 heavy (non-hydrogen) atoms. The summed E-state index contributed by atoms with van der Waals surface area (Å²) < 4.78 is 39.9. The minimum atomic E-state index is -2.72. The van der Waals surface area contributed by atoms with Crippen LogP contribution in [0.4, 0.5) is 20.7 Å². The predicted octanol–water partition coefficient (Wildman–Crippen LogP) is 6.08. The van der Waals surface area contributed by atoms with E-state index in [0.29, 0.717) is 38.8 Å². The van der Waals surface area contributed by atoms with E-state index in [0.717, 1.165) is 0 Å². The average molecular weight is 660 g/mol. The van der Waals surface area contributed by atoms with Crippen LogP contribution < -0.4 is 20.2 Å². The molecule has 0 aliphatic carbocycles. The van der Waals surface area contributed by atoms with Crippen LogP contribution in [-0.4, -0.2) is 70.4 Å². The van der Waals surface area contributed by atoms with Crippen LogP contribution in [-0.2, 0) is 13.9 Å². The molecule has 0 N–H and O–H groups in total. The van der Waals surface area contributed by atoms with Gasteiger partial charge < -0.3 is 23.3 Å². The molecule has 11 heteroatoms. The number of aldehydes is 1. The van der Waals surface area contributed by atoms with Crippen LogP contribution in [0.1, 0.15) is 57.8 Å². The highest BCUT2D eigenvalue weighted by atomic mass is 28.4. The molecule has 0 spiro atoms. The van der Waals surface area contributed by atoms with Crippen LogP contribution in [0.2, 0.25) is 5.04 Å². The number of halogens is 1. The van der Waals surface area contributed by atoms with E-state index in [4.69, 9.17) is 18.4 Å². The third-order valence-electron chi connectivity index (χ3n) is 9.16. The quantitative estimate of drug-likeness (QED) is 0.115. The minimum absolute atomic E-state index is 0.110. The van der Waals surface area contributed by atoms with Crippen LogP contribution in [0, 0.1) is 5.82 Å². The number of anilines is 2. The monoisotopic (exact) mass is 659 g/mol. The van der Waals surface area contributed by atoms with Crippen LogP contribution in [0.25, 0.3) is 11.0 Å². The first-order chi connectivity index (χ1) is 22.5. The van der Waals surface area contributed by atoms with Crippen LogP contribution in [0.5, 0.6) is 0 Å². The smallest absolute Gasteiger partial charge is 0.416 e. The zero-order chi connectivity index (χ0) is 33.3. The van der Waals surface area contributed by atoms with Crippen molar-refractivity contribution in [3.63, 3.8) is 0 Å². The SMILES string of the molecule is C[C@@H]1CN(c2c(C=O)cc3c(N4C(=O)OC[C@@H]4CCCO[Si](c4ccccc4)(c4ccccc4)C(C)(C)C)noc3c2F)C[C@@H](C)O1. The number of amides is 1. The van der Waals surface area contributed by atoms with Crippen molar-refractivity contribution in [2.75, 3.05) is 36.1 Å². The zero-order valence-corrected chi connectivity index (χ0v) is 28.6. The lowest BCUT2D eigenvalue weighted by atomic mass is 10.1. The number of hydrogen-bond acceptors (Lipinski definition) is 8. The molecule has 1 aromatic heterocycles. The molecule has 3 aromatic carbocycles. The van der Waals surface area contributed by atoms with Gasteiger partial charge in [-0.2, -0.15) is 0 Å². The summed E-state index contributed by atoms with van der Waals surface area (Å²) in [4.78, 5) is 28.5. The van der Waals surface area contributed by atoms with E-state index in [1.165, 1.54) is 15.3 Å². The Balaban J connectivity index is 1.25. The molecular formula is C36H42FN3O6Si. The maximum atomic E-state index is 16.1. The second-order valence-electron chi connectivity index (χ2n) is 13.5. The van der Waals surface area contributed by atoms with Gasteiger partial charge in [0.1, 0.15) is 6.61 Å². The molecule has 1 amide bonds. The Bertz CT molecular complexity index is 1680. The van der Waals surface area contributed by atoms with Crippen LogP contribution >= 0.6 is 0 Å². The van der Waals surface area contributed by atoms with E-state index >= 15 is 4.39 Å². The first kappa shape index (κ1) is 32.9. The Hall–Kier alpha value is -4.06. The fraction of sp³-hybridized carbons (Fsp3) is 0.417. The largest absolute Gasteiger partial charge is 0.447 e. The molecule has 3 heterocycles. The summed E-state index contributed by atoms with van der Waals surface area (Å²) in [5.41, 5.74) is 0.197. The van der Waals surface area contributed by atoms with Crippen molar-refractivity contribution >= 4 is 53.5 Å². The molecule has 248 valence electrons. The third kappa shape index (κ3) is 6.07. The van der Waals surface area contributed by atoms with E-state index in [-0.39, 0.29) is 57.9 Å². The molecule has 0 radical (unpaired) electrons. The molecule has 0 bridgehead atoms. The number of benzene rings is 3. The summed E-state index contributed by atoms with van der Waals surface area (Å²) in [5, 5.41) is 6.61. The number of cyclic esters (lactones) is 1. The number of nitrogens with zero attached hydrogens (tertiary/aromatic N) is 3. The van der Waals surface area contributed by atoms with Gasteiger partial charge in [0, 0.05) is 25.3 Å². The van der Waals surface area contributed by atoms with Crippen molar-refractivity contribution < 1.29 is 32.4 Å². The highest BCUT2D eigenvalue weighted by Crippen LogP contribution is 2.40. The fourth-order valence-electron chi connectivity index (χ4n) is 7.22. The summed E-state index contributed by atoms with van der Waals surface area (Å²) in [5.74, 6) is -0.551. The zero-order valence-electron chi connectivity index (χ0n) is 27.6. The van der Waals surface area contributed by atoms with Gasteiger partial charge in [-0.1, -0.05) is 86.6 Å². The number of rotatable bonds is 10. The first-order valence-corrected chi connectivity index (χ1v) is 18.1. The van der Waals surface area contributed by atoms with Gasteiger partial charge in [-0.05, 0) is 48.2 Å². The molecule has 0 saturated carbocycles. The van der Waals surface area contributed by atoms with Gasteiger partial charge in [0.15, 0.2) is 17.9 Å². The Morgan fingerprint density at radius 2 is 1.64 bits per heavy atom. The standard InChI is InChI=1S/C36H42FN3O6Si/c1-24-20-39(21-25(2)45-24)32-26(22-41)19-30-33(31(32)37)46-38-34(30)40-27(23-43-35(40)42)13-12-18-44-47(36(3,4)5,28-14-8-6-9-15-28)29-16-10-7-11-17-29/h6-11,14-17,19,22,24-25,27H,12-13,18,20-21,23H2,1-5H3/t24-,25-,27+/m1/s1. The number of ether oxygens (including phenoxy) is 2. The molecule has 2 aliphatic rings. The van der Waals surface area contributed by atoms with E-state index in [1.54, 1.807) is 11.0 Å². The summed E-state index contributed by atoms with van der Waals surface area (Å²) in [6.07, 6.45) is 0.957. The Morgan fingerprint density at radius 1 is 1.02 bits per heavy atom. The number of fused-ring (bicyclic) bond motifs is 1. The van der Waals surface area contributed by atoms with Crippen LogP contribution in [0.15, 0.2) is 71.3 Å². The Morgan fingerprint density at radius 3 is 2.21 bits per heavy atom. The number of carbonyl (C=O) groups excluding carboxylic acids is 2. The molecule has 2 fully saturated rings. The topological polar surface area (TPSA) is 94.3 Å². The summed E-state index contributed by atoms with van der Waals surface area (Å²) >= 11 is 0. The summed E-state index contributed by atoms with van der Waals surface area (Å²) in [6, 6.07) is 22.1. The van der Waals surface area contributed by atoms with E-state index in [2.05, 4.69) is 74.5 Å². The van der Waals surface area contributed by atoms with Gasteiger partial charge in [0.05, 0.1) is 29.3 Å². The van der Waals surface area contributed by atoms with Crippen molar-refractivity contribution in [1.82, 2.24) is 5.16 Å². The van der Waals surface area contributed by atoms with Crippen LogP contribution in [0.3, 0.4) is 0 Å². The maximum Gasteiger partial charge on any atom is 0.416 e. The second-order valence-corrected chi connectivity index (χ2v) is 17.9. The summed E-state index contributed by atoms with van der Waals surface area (Å²) in [6.45, 7) is 12.0. The van der Waals surface area contributed by atoms with Crippen molar-refractivity contribution in [2.45, 2.75) is 70.7 Å². The molecule has 2 saturated heterocycles. The van der Waals surface area contributed by atoms with Crippen molar-refractivity contribution in [2.24, 2.45) is 0 Å². The number of hydrogen-bond donors (Lipinski definition) is 0. The van der Waals surface area contributed by atoms with Crippen molar-refractivity contribution in [3.05, 3.63) is 78.1 Å². The molecule has 6 rings (SSSR count). The molecule has 0 unspecified atom stereocenters. The van der Waals surface area contributed by atoms with Gasteiger partial charge in [-0.25, -0.2) is 9.18 Å². The van der Waals surface area contributed by atoms with Crippen molar-refractivity contribution in [1.29, 1.82) is 0 Å². The number of carbonyl (C=O) groups is 2. The lowest BCUT2D eigenvalue weighted by Crippen LogP contribution is -2.66. The molecule has 2 aliphatic heterocycles. The highest BCUT2D eigenvalue weighted by molar-refractivity contribution is 6.99. The predicted molar refractivity (Wildman–Crippen MR) is 182 cm³/mol. The number of morpholine rings is 1. The van der Waals surface area contributed by atoms with Gasteiger partial charge >= 0.3 is 6.09 Å². The minimum Gasteiger partial charge on any atom is -0.447 e. The fourth-order valence-corrected chi connectivity index (χ4v) is 11.8. The number of aromatic nitrogens is 1. The second kappa shape index (κ2) is 13.2. The average Bonchev–Trinajstić information content (AvgIpc) is 3.63. The normalized spacial score (nSPS) is 20.6. The Kier molecular flexibility index (Phi) is 9.24. The molecule has 3 atom stereocenters. The maximum absolute atomic E-state index is 16.1. The van der Waals surface area contributed by atoms with Gasteiger partial charge in [0.25, 0.3) is 8.32 Å². The van der Waals surface area contributed by atoms with Gasteiger partial charge in [-0.3, -0.25) is 9.69 Å². The summed E-state index contributed by atoms with van der Waals surface area (Å²) in [7, 11) is -2.72. The highest BCUT2D eigenvalue weighted by Gasteiger charge is 2.50. The molecule has 9 nitrogen and oxygen atoms in total. The Labute approximate surface area is 275 Å². The van der Waals surface area contributed by atoms with E-state index in [9.17, 15) is 9.59 Å². The molecule has 4 aromatic rings. The first-order valence-electron chi connectivity index (χ1n) is 16.2. The lowest BCUT2D eigenvalue weighted by molar-refractivity contribution is -0.00543. The third-order valence-corrected chi connectivity index (χ3v) is 14.2. The molecular weight excluding hydrogens is 617 g/mol. The van der Waals surface area contributed by atoms with Crippen molar-refractivity contribution in [3.8, 4) is 0 Å². The van der Waals surface area contributed by atoms with E-state index < -0.39 is 20.2 Å². The lowest BCUT2D eigenvalue weighted by Gasteiger charge is -2.43.